The predicted octanol–water partition coefficient (Wildman–Crippen LogP) is 15.7. The van der Waals surface area contributed by atoms with Crippen molar-refractivity contribution >= 4 is 16.8 Å². The molecule has 7 rings (SSSR count). The topological polar surface area (TPSA) is 29.5 Å². The van der Waals surface area contributed by atoms with E-state index < -0.39 is 0 Å². The van der Waals surface area contributed by atoms with Crippen molar-refractivity contribution in [3.63, 3.8) is 0 Å². The van der Waals surface area contributed by atoms with Crippen LogP contribution in [-0.2, 0) is 11.8 Å². The van der Waals surface area contributed by atoms with Crippen molar-refractivity contribution in [3.05, 3.63) is 112 Å². The van der Waals surface area contributed by atoms with E-state index in [2.05, 4.69) is 133 Å². The SMILES string of the molecule is CCCCCC1(CCCCC)c2cc(-c3cc(O)c(-c4c(OCCCC)cc(C(C)C)c5ccccc45)c4c3CCC=C4)ccc2-c2ccc(C(C)C)cc21. The van der Waals surface area contributed by atoms with Crippen LogP contribution in [0, 0.1) is 0 Å². The lowest BCUT2D eigenvalue weighted by Gasteiger charge is -2.34. The van der Waals surface area contributed by atoms with Gasteiger partial charge in [0.1, 0.15) is 11.5 Å². The summed E-state index contributed by atoms with van der Waals surface area (Å²) in [6.45, 7) is 16.7. The largest absolute Gasteiger partial charge is 0.507 e. The highest BCUT2D eigenvalue weighted by atomic mass is 16.5. The van der Waals surface area contributed by atoms with Gasteiger partial charge in [0.2, 0.25) is 0 Å². The van der Waals surface area contributed by atoms with E-state index in [1.165, 1.54) is 95.7 Å². The minimum Gasteiger partial charge on any atom is -0.507 e. The maximum absolute atomic E-state index is 12.4. The molecule has 2 aliphatic carbocycles. The Morgan fingerprint density at radius 3 is 2.02 bits per heavy atom. The summed E-state index contributed by atoms with van der Waals surface area (Å²) in [5.74, 6) is 2.03. The number of hydrogen-bond acceptors (Lipinski definition) is 2. The molecule has 0 amide bonds. The van der Waals surface area contributed by atoms with E-state index in [-0.39, 0.29) is 5.41 Å². The van der Waals surface area contributed by atoms with E-state index in [0.717, 1.165) is 59.1 Å². The zero-order valence-electron chi connectivity index (χ0n) is 34.8. The molecule has 5 aromatic rings. The average molecular weight is 733 g/mol. The number of rotatable bonds is 16. The van der Waals surface area contributed by atoms with Gasteiger partial charge in [-0.3, -0.25) is 0 Å². The Labute approximate surface area is 332 Å². The minimum absolute atomic E-state index is 0.000326. The zero-order chi connectivity index (χ0) is 38.7. The molecule has 0 saturated carbocycles. The molecule has 0 aliphatic heterocycles. The van der Waals surface area contributed by atoms with Crippen LogP contribution in [0.5, 0.6) is 11.5 Å². The summed E-state index contributed by atoms with van der Waals surface area (Å²) in [4.78, 5) is 0. The van der Waals surface area contributed by atoms with Crippen molar-refractivity contribution in [2.75, 3.05) is 6.61 Å². The van der Waals surface area contributed by atoms with Crippen molar-refractivity contribution in [1.82, 2.24) is 0 Å². The highest BCUT2D eigenvalue weighted by Gasteiger charge is 2.43. The highest BCUT2D eigenvalue weighted by Crippen LogP contribution is 2.56. The highest BCUT2D eigenvalue weighted by molar-refractivity contribution is 6.06. The lowest BCUT2D eigenvalue weighted by molar-refractivity contribution is 0.310. The summed E-state index contributed by atoms with van der Waals surface area (Å²) < 4.78 is 6.66. The molecule has 288 valence electrons. The van der Waals surface area contributed by atoms with E-state index in [4.69, 9.17) is 4.74 Å². The molecule has 2 aliphatic rings. The van der Waals surface area contributed by atoms with Crippen molar-refractivity contribution in [2.24, 2.45) is 0 Å². The molecular weight excluding hydrogens is 669 g/mol. The first-order chi connectivity index (χ1) is 26.7. The van der Waals surface area contributed by atoms with Crippen molar-refractivity contribution in [1.29, 1.82) is 0 Å². The molecule has 2 heteroatoms. The number of allylic oxidation sites excluding steroid dienone is 1. The molecule has 0 bridgehead atoms. The Morgan fingerprint density at radius 1 is 0.673 bits per heavy atom. The van der Waals surface area contributed by atoms with Crippen LogP contribution in [0.4, 0.5) is 0 Å². The Bertz CT molecular complexity index is 2170. The quantitative estimate of drug-likeness (QED) is 0.102. The van der Waals surface area contributed by atoms with Crippen LogP contribution in [0.2, 0.25) is 0 Å². The maximum Gasteiger partial charge on any atom is 0.128 e. The second-order valence-electron chi connectivity index (χ2n) is 17.1. The smallest absolute Gasteiger partial charge is 0.128 e. The lowest BCUT2D eigenvalue weighted by Crippen LogP contribution is -2.26. The number of aromatic hydroxyl groups is 1. The Morgan fingerprint density at radius 2 is 1.35 bits per heavy atom. The van der Waals surface area contributed by atoms with Gasteiger partial charge in [-0.15, -0.1) is 0 Å². The molecule has 2 nitrogen and oxygen atoms in total. The van der Waals surface area contributed by atoms with Crippen LogP contribution < -0.4 is 4.74 Å². The summed E-state index contributed by atoms with van der Waals surface area (Å²) in [7, 11) is 0. The third kappa shape index (κ3) is 7.27. The Balaban J connectivity index is 1.44. The first kappa shape index (κ1) is 39.0. The number of phenolic OH excluding ortho intramolecular Hbond substituents is 1. The predicted molar refractivity (Wildman–Crippen MR) is 237 cm³/mol. The van der Waals surface area contributed by atoms with Crippen LogP contribution in [0.1, 0.15) is 164 Å². The Hall–Kier alpha value is -4.30. The van der Waals surface area contributed by atoms with Crippen LogP contribution in [0.3, 0.4) is 0 Å². The molecule has 0 saturated heterocycles. The van der Waals surface area contributed by atoms with Gasteiger partial charge in [0.05, 0.1) is 6.61 Å². The van der Waals surface area contributed by atoms with Gasteiger partial charge >= 0.3 is 0 Å². The van der Waals surface area contributed by atoms with Crippen LogP contribution in [0.15, 0.2) is 78.9 Å². The molecule has 0 atom stereocenters. The minimum atomic E-state index is -0.000326. The standard InChI is InChI=1S/C53H64O2/c1-8-11-18-28-53(29-19-12-9-2)47-31-37(35(4)5)24-26-41(47)42-27-25-38(32-48(42)53)46-33-49(54)51(43-22-16-15-21-40(43)46)52-44-23-17-14-20-39(44)45(36(6)7)34-50(52)55-30-13-10-3/h14,16-17,20,22-27,31-36,54H,8-13,15,18-19,21,28-30H2,1-7H3. The number of phenols is 1. The number of ether oxygens (including phenoxy) is 1. The summed E-state index contributed by atoms with van der Waals surface area (Å²) in [5, 5.41) is 14.8. The van der Waals surface area contributed by atoms with Gasteiger partial charge in [0, 0.05) is 16.5 Å². The summed E-state index contributed by atoms with van der Waals surface area (Å²) >= 11 is 0. The first-order valence-electron chi connectivity index (χ1n) is 21.8. The lowest BCUT2D eigenvalue weighted by atomic mass is 9.69. The van der Waals surface area contributed by atoms with Gasteiger partial charge in [-0.1, -0.05) is 160 Å². The second kappa shape index (κ2) is 16.8. The molecule has 1 N–H and O–H groups in total. The molecule has 0 heterocycles. The van der Waals surface area contributed by atoms with E-state index in [1.807, 2.05) is 0 Å². The monoisotopic (exact) mass is 732 g/mol. The maximum atomic E-state index is 12.4. The number of fused-ring (bicyclic) bond motifs is 5. The molecule has 0 aromatic heterocycles. The molecular formula is C53H64O2. The normalized spacial score (nSPS) is 14.1. The molecule has 0 radical (unpaired) electrons. The first-order valence-corrected chi connectivity index (χ1v) is 21.8. The molecule has 0 spiro atoms. The third-order valence-corrected chi connectivity index (χ3v) is 12.7. The fraction of sp³-hybridized carbons (Fsp3) is 0.434. The van der Waals surface area contributed by atoms with Crippen molar-refractivity contribution in [2.45, 2.75) is 143 Å². The van der Waals surface area contributed by atoms with Crippen LogP contribution in [-0.4, -0.2) is 11.7 Å². The van der Waals surface area contributed by atoms with Gasteiger partial charge in [-0.2, -0.15) is 0 Å². The van der Waals surface area contributed by atoms with Gasteiger partial charge in [-0.25, -0.2) is 0 Å². The van der Waals surface area contributed by atoms with Crippen LogP contribution >= 0.6 is 0 Å². The van der Waals surface area contributed by atoms with E-state index in [0.29, 0.717) is 24.2 Å². The van der Waals surface area contributed by atoms with Crippen molar-refractivity contribution < 1.29 is 9.84 Å². The van der Waals surface area contributed by atoms with Gasteiger partial charge in [0.25, 0.3) is 0 Å². The number of unbranched alkanes of at least 4 members (excludes halogenated alkanes) is 5. The summed E-state index contributed by atoms with van der Waals surface area (Å²) in [5.41, 5.74) is 15.4. The van der Waals surface area contributed by atoms with E-state index in [9.17, 15) is 5.11 Å². The molecule has 0 fully saturated rings. The van der Waals surface area contributed by atoms with Crippen molar-refractivity contribution in [3.8, 4) is 44.9 Å². The fourth-order valence-corrected chi connectivity index (χ4v) is 9.74. The second-order valence-corrected chi connectivity index (χ2v) is 17.1. The van der Waals surface area contributed by atoms with Gasteiger partial charge < -0.3 is 9.84 Å². The fourth-order valence-electron chi connectivity index (χ4n) is 9.74. The van der Waals surface area contributed by atoms with Gasteiger partial charge in [-0.05, 0) is 129 Å². The number of benzene rings is 5. The zero-order valence-corrected chi connectivity index (χ0v) is 34.8. The summed E-state index contributed by atoms with van der Waals surface area (Å²) in [6.07, 6.45) is 18.4. The average Bonchev–Trinajstić information content (AvgIpc) is 3.46. The molecule has 55 heavy (non-hydrogen) atoms. The van der Waals surface area contributed by atoms with E-state index >= 15 is 0 Å². The Kier molecular flexibility index (Phi) is 11.9. The summed E-state index contributed by atoms with van der Waals surface area (Å²) in [6, 6.07) is 27.7. The van der Waals surface area contributed by atoms with Crippen LogP contribution in [0.25, 0.3) is 50.2 Å². The van der Waals surface area contributed by atoms with Gasteiger partial charge in [0.15, 0.2) is 0 Å². The molecule has 0 unspecified atom stereocenters. The van der Waals surface area contributed by atoms with E-state index in [1.54, 1.807) is 5.56 Å². The third-order valence-electron chi connectivity index (χ3n) is 12.7. The number of hydrogen-bond donors (Lipinski definition) is 1. The molecule has 5 aromatic carbocycles.